The maximum Gasteiger partial charge on any atom is 0.317 e. The van der Waals surface area contributed by atoms with E-state index in [4.69, 9.17) is 49.7 Å². The first-order chi connectivity index (χ1) is 29.4. The summed E-state index contributed by atoms with van der Waals surface area (Å²) in [6.07, 6.45) is -9.20. The van der Waals surface area contributed by atoms with Crippen LogP contribution in [0.2, 0.25) is 0 Å². The fourth-order valence-corrected chi connectivity index (χ4v) is 9.76. The highest BCUT2D eigenvalue weighted by molar-refractivity contribution is 5.98. The lowest BCUT2D eigenvalue weighted by Crippen LogP contribution is -2.71. The first-order valence-electron chi connectivity index (χ1n) is 20.3. The van der Waals surface area contributed by atoms with Gasteiger partial charge in [0, 0.05) is 63.8 Å². The zero-order chi connectivity index (χ0) is 42.3. The number of hydrogen-bond acceptors (Lipinski definition) is 14. The SMILES string of the molecule is COc1c2ccc3c1O[C@H]1c4c(cc5c(c4-c4c[nH]c6ccccc46)CC[C@]4(O)[C@H](O5)O[C@H]([C@H](OC(=O)CC(=O)O)C(N)N)[C@@H](O)[C@@H]4O)O[C@@H](Cc4ccc(cc4)CCO2)[C@@H]31. The van der Waals surface area contributed by atoms with E-state index in [1.54, 1.807) is 13.2 Å². The average molecular weight is 836 g/mol. The normalized spacial score (nSPS) is 27.6. The van der Waals surface area contributed by atoms with E-state index in [0.717, 1.165) is 44.3 Å². The van der Waals surface area contributed by atoms with E-state index in [9.17, 15) is 24.9 Å². The van der Waals surface area contributed by atoms with Crippen molar-refractivity contribution in [1.82, 2.24) is 4.98 Å². The number of rotatable bonds is 7. The van der Waals surface area contributed by atoms with Crippen molar-refractivity contribution in [3.63, 3.8) is 0 Å². The largest absolute Gasteiger partial charge is 0.490 e. The highest BCUT2D eigenvalue weighted by Gasteiger charge is 2.60. The third-order valence-corrected chi connectivity index (χ3v) is 12.7. The Morgan fingerprint density at radius 1 is 0.967 bits per heavy atom. The summed E-state index contributed by atoms with van der Waals surface area (Å²) in [6, 6.07) is 21.9. The van der Waals surface area contributed by atoms with Crippen LogP contribution in [0.15, 0.2) is 72.9 Å². The smallest absolute Gasteiger partial charge is 0.317 e. The van der Waals surface area contributed by atoms with Crippen LogP contribution in [0.3, 0.4) is 0 Å². The predicted molar refractivity (Wildman–Crippen MR) is 215 cm³/mol. The number of aromatic nitrogens is 1. The second-order valence-electron chi connectivity index (χ2n) is 16.3. The molecule has 318 valence electrons. The lowest BCUT2D eigenvalue weighted by Gasteiger charge is -2.48. The second kappa shape index (κ2) is 14.9. The minimum Gasteiger partial charge on any atom is -0.490 e. The van der Waals surface area contributed by atoms with E-state index in [2.05, 4.69) is 29.2 Å². The molecule has 4 aromatic carbocycles. The Morgan fingerprint density at radius 3 is 2.52 bits per heavy atom. The van der Waals surface area contributed by atoms with Crippen molar-refractivity contribution in [3.8, 4) is 39.9 Å². The minimum absolute atomic E-state index is 0.122. The number of aliphatic hydroxyl groups is 3. The molecule has 1 aromatic heterocycles. The number of nitrogens with two attached hydrogens (primary N) is 2. The fourth-order valence-electron chi connectivity index (χ4n) is 9.76. The van der Waals surface area contributed by atoms with Gasteiger partial charge in [-0.15, -0.1) is 0 Å². The molecule has 0 saturated carbocycles. The molecule has 0 amide bonds. The summed E-state index contributed by atoms with van der Waals surface area (Å²) in [6.45, 7) is 0.436. The number of ether oxygens (including phenoxy) is 7. The molecule has 5 aromatic rings. The molecule has 8 aliphatic heterocycles. The Kier molecular flexibility index (Phi) is 9.61. The van der Waals surface area contributed by atoms with Gasteiger partial charge in [0.2, 0.25) is 12.0 Å². The zero-order valence-electron chi connectivity index (χ0n) is 33.0. The molecule has 0 aliphatic carbocycles. The van der Waals surface area contributed by atoms with E-state index >= 15 is 0 Å². The predicted octanol–water partition coefficient (Wildman–Crippen LogP) is 3.13. The first-order valence-corrected chi connectivity index (χ1v) is 20.3. The van der Waals surface area contributed by atoms with Crippen LogP contribution >= 0.6 is 0 Å². The molecular formula is C45H45N3O13. The van der Waals surface area contributed by atoms with Gasteiger partial charge < -0.3 is 70.0 Å². The summed E-state index contributed by atoms with van der Waals surface area (Å²) in [7, 11) is 1.59. The van der Waals surface area contributed by atoms with Crippen molar-refractivity contribution in [2.75, 3.05) is 13.7 Å². The van der Waals surface area contributed by atoms with Gasteiger partial charge in [-0.1, -0.05) is 48.5 Å². The number of aliphatic carboxylic acids is 1. The monoisotopic (exact) mass is 835 g/mol. The number of methoxy groups -OCH3 is 1. The van der Waals surface area contributed by atoms with Gasteiger partial charge in [0.05, 0.1) is 25.8 Å². The number of carbonyl (C=O) groups is 2. The fraction of sp³-hybridized carbons (Fsp3) is 0.378. The Labute approximate surface area is 348 Å². The number of benzene rings is 4. The molecule has 0 spiro atoms. The first kappa shape index (κ1) is 39.3. The van der Waals surface area contributed by atoms with Crippen molar-refractivity contribution >= 4 is 22.8 Å². The highest BCUT2D eigenvalue weighted by atomic mass is 16.7. The van der Waals surface area contributed by atoms with Crippen LogP contribution in [0.5, 0.6) is 28.7 Å². The quantitative estimate of drug-likeness (QED) is 0.0707. The van der Waals surface area contributed by atoms with Gasteiger partial charge in [-0.3, -0.25) is 9.59 Å². The molecule has 9 heterocycles. The number of aliphatic hydroxyl groups excluding tert-OH is 2. The number of esters is 1. The third kappa shape index (κ3) is 6.44. The molecule has 6 bridgehead atoms. The molecule has 9 N–H and O–H groups in total. The van der Waals surface area contributed by atoms with E-state index in [1.807, 2.05) is 42.6 Å². The number of carbonyl (C=O) groups excluding carboxylic acids is 1. The molecule has 16 heteroatoms. The summed E-state index contributed by atoms with van der Waals surface area (Å²) >= 11 is 0. The number of hydrogen-bond donors (Lipinski definition) is 7. The summed E-state index contributed by atoms with van der Waals surface area (Å²) in [5, 5.41) is 45.5. The molecule has 61 heavy (non-hydrogen) atoms. The molecule has 9 atom stereocenters. The zero-order valence-corrected chi connectivity index (χ0v) is 33.0. The Hall–Kier alpha value is -5.88. The van der Waals surface area contributed by atoms with Crippen molar-refractivity contribution in [3.05, 3.63) is 101 Å². The average Bonchev–Trinajstić information content (AvgIpc) is 3.81. The van der Waals surface area contributed by atoms with Gasteiger partial charge >= 0.3 is 11.9 Å². The number of fused-ring (bicyclic) bond motifs is 5. The van der Waals surface area contributed by atoms with E-state index in [1.165, 1.54) is 0 Å². The van der Waals surface area contributed by atoms with Crippen molar-refractivity contribution in [2.24, 2.45) is 11.5 Å². The van der Waals surface area contributed by atoms with Gasteiger partial charge in [0.15, 0.2) is 23.2 Å². The van der Waals surface area contributed by atoms with Gasteiger partial charge in [-0.2, -0.15) is 0 Å². The minimum atomic E-state index is -2.21. The summed E-state index contributed by atoms with van der Waals surface area (Å²) < 4.78 is 44.6. The number of H-pyrrole nitrogens is 1. The standard InChI is InChI=1S/C45H45N3O13/c1-55-38-27-11-10-24-34-29(16-21-8-6-20(7-9-21)13-15-56-27)57-30-17-28-23(33(35(30)39(34)60-37(24)38)25-19-48-26-5-3-2-4-22(25)26)12-14-45(54)42(53)36(52)40(61-44(45)58-28)41(43(46)47)59-32(51)18-31(49)50/h2-11,17,19,29,34,36,39-44,48,52-54H,12-16,18,46-47H2,1H3,(H,49,50)/t29-,34+,36+,39+,40-,41-,42-,44+,45+/m0/s1. The van der Waals surface area contributed by atoms with Crippen molar-refractivity contribution in [1.29, 1.82) is 0 Å². The number of nitrogens with one attached hydrogen (secondary N) is 1. The number of aromatic amines is 1. The van der Waals surface area contributed by atoms with Crippen LogP contribution in [0.1, 0.15) is 52.7 Å². The second-order valence-corrected chi connectivity index (χ2v) is 16.3. The molecule has 1 fully saturated rings. The number of carboxylic acids is 1. The molecule has 1 saturated heterocycles. The highest BCUT2D eigenvalue weighted by Crippen LogP contribution is 2.62. The molecule has 8 aliphatic rings. The van der Waals surface area contributed by atoms with E-state index < -0.39 is 73.0 Å². The molecule has 16 nitrogen and oxygen atoms in total. The third-order valence-electron chi connectivity index (χ3n) is 12.7. The molecular weight excluding hydrogens is 791 g/mol. The number of para-hydroxylation sites is 1. The van der Waals surface area contributed by atoms with E-state index in [-0.39, 0.29) is 24.5 Å². The van der Waals surface area contributed by atoms with Crippen LogP contribution in [-0.2, 0) is 38.3 Å². The maximum atomic E-state index is 12.5. The molecule has 0 radical (unpaired) electrons. The summed E-state index contributed by atoms with van der Waals surface area (Å²) in [4.78, 5) is 27.1. The molecule has 0 unspecified atom stereocenters. The maximum absolute atomic E-state index is 12.5. The Morgan fingerprint density at radius 2 is 1.75 bits per heavy atom. The Bertz CT molecular complexity index is 2540. The van der Waals surface area contributed by atoms with Gasteiger partial charge in [0.1, 0.15) is 48.4 Å². The Balaban J connectivity index is 1.14. The topological polar surface area (TPSA) is 247 Å². The van der Waals surface area contributed by atoms with Gasteiger partial charge in [-0.05, 0) is 36.1 Å². The molecule has 13 rings (SSSR count). The van der Waals surface area contributed by atoms with Crippen molar-refractivity contribution < 1.29 is 63.2 Å². The van der Waals surface area contributed by atoms with Crippen LogP contribution in [0.25, 0.3) is 22.0 Å². The van der Waals surface area contributed by atoms with Crippen LogP contribution in [0.4, 0.5) is 0 Å². The van der Waals surface area contributed by atoms with Crippen LogP contribution < -0.4 is 35.2 Å². The summed E-state index contributed by atoms with van der Waals surface area (Å²) in [5.41, 5.74) is 16.6. The lowest BCUT2D eigenvalue weighted by atomic mass is 9.77. The van der Waals surface area contributed by atoms with Crippen molar-refractivity contribution in [2.45, 2.75) is 92.7 Å². The summed E-state index contributed by atoms with van der Waals surface area (Å²) in [5.74, 6) is -0.648. The van der Waals surface area contributed by atoms with Crippen LogP contribution in [-0.4, -0.2) is 99.6 Å². The number of carboxylic acid groups (broad SMARTS) is 1. The van der Waals surface area contributed by atoms with E-state index in [0.29, 0.717) is 48.0 Å². The van der Waals surface area contributed by atoms with Crippen LogP contribution in [0, 0.1) is 0 Å². The lowest BCUT2D eigenvalue weighted by molar-refractivity contribution is -0.329. The van der Waals surface area contributed by atoms with Gasteiger partial charge in [0.25, 0.3) is 0 Å². The van der Waals surface area contributed by atoms with Gasteiger partial charge in [-0.25, -0.2) is 0 Å².